The Bertz CT molecular complexity index is 116. The molecule has 0 aromatic carbocycles. The highest BCUT2D eigenvalue weighted by Gasteiger charge is 2.05. The van der Waals surface area contributed by atoms with Gasteiger partial charge in [0.1, 0.15) is 6.10 Å². The van der Waals surface area contributed by atoms with Crippen molar-refractivity contribution in [3.8, 4) is 0 Å². The van der Waals surface area contributed by atoms with Crippen molar-refractivity contribution in [1.29, 1.82) is 0 Å². The summed E-state index contributed by atoms with van der Waals surface area (Å²) in [6.45, 7) is 4.58. The molecule has 0 saturated heterocycles. The average Bonchev–Trinajstić information content (AvgIpc) is 2.03. The summed E-state index contributed by atoms with van der Waals surface area (Å²) in [4.78, 5) is 9.85. The van der Waals surface area contributed by atoms with E-state index in [0.717, 1.165) is 0 Å². The molecule has 3 nitrogen and oxygen atoms in total. The maximum absolute atomic E-state index is 9.85. The molecular formula is C7H11ClO3. The Kier molecular flexibility index (Phi) is 7.19. The van der Waals surface area contributed by atoms with E-state index in [1.54, 1.807) is 6.08 Å². The lowest BCUT2D eigenvalue weighted by Crippen LogP contribution is -2.21. The molecule has 0 amide bonds. The second-order valence-electron chi connectivity index (χ2n) is 1.83. The quantitative estimate of drug-likeness (QED) is 0.252. The lowest BCUT2D eigenvalue weighted by Gasteiger charge is -2.10. The molecular weight excluding hydrogens is 168 g/mol. The van der Waals surface area contributed by atoms with E-state index in [1.807, 2.05) is 0 Å². The normalized spacial score (nSPS) is 12.1. The lowest BCUT2D eigenvalue weighted by molar-refractivity contribution is -0.135. The Morgan fingerprint density at radius 1 is 1.64 bits per heavy atom. The molecule has 0 aliphatic heterocycles. The van der Waals surface area contributed by atoms with Crippen molar-refractivity contribution < 1.29 is 14.3 Å². The Morgan fingerprint density at radius 2 is 2.36 bits per heavy atom. The van der Waals surface area contributed by atoms with Crippen LogP contribution in [0, 0.1) is 0 Å². The van der Waals surface area contributed by atoms with Crippen LogP contribution < -0.4 is 0 Å². The Labute approximate surface area is 70.9 Å². The van der Waals surface area contributed by atoms with Crippen LogP contribution in [0.5, 0.6) is 0 Å². The topological polar surface area (TPSA) is 35.5 Å². The first-order valence-corrected chi connectivity index (χ1v) is 3.72. The van der Waals surface area contributed by atoms with Gasteiger partial charge in [0.15, 0.2) is 0 Å². The molecule has 0 rings (SSSR count). The van der Waals surface area contributed by atoms with Gasteiger partial charge in [0, 0.05) is 0 Å². The smallest absolute Gasteiger partial charge is 0.293 e. The lowest BCUT2D eigenvalue weighted by atomic mass is 10.4. The standard InChI is InChI=1S/C7H11ClO3/c1-2-3-10-5-7(4-8)11-6-9/h2,6-7H,1,3-5H2/t7-/m0/s1. The Morgan fingerprint density at radius 3 is 2.82 bits per heavy atom. The van der Waals surface area contributed by atoms with E-state index in [2.05, 4.69) is 11.3 Å². The largest absolute Gasteiger partial charge is 0.461 e. The summed E-state index contributed by atoms with van der Waals surface area (Å²) in [5.74, 6) is 0.246. The zero-order valence-electron chi connectivity index (χ0n) is 6.16. The fraction of sp³-hybridized carbons (Fsp3) is 0.571. The van der Waals surface area contributed by atoms with Crippen LogP contribution in [0.2, 0.25) is 0 Å². The number of alkyl halides is 1. The summed E-state index contributed by atoms with van der Waals surface area (Å²) in [5, 5.41) is 0. The third-order valence-electron chi connectivity index (χ3n) is 0.960. The molecule has 1 atom stereocenters. The van der Waals surface area contributed by atoms with Crippen LogP contribution >= 0.6 is 11.6 Å². The van der Waals surface area contributed by atoms with Crippen LogP contribution in [0.25, 0.3) is 0 Å². The van der Waals surface area contributed by atoms with Gasteiger partial charge in [-0.05, 0) is 0 Å². The van der Waals surface area contributed by atoms with E-state index in [4.69, 9.17) is 16.3 Å². The zero-order valence-corrected chi connectivity index (χ0v) is 6.92. The molecule has 0 N–H and O–H groups in total. The van der Waals surface area contributed by atoms with Gasteiger partial charge in [-0.15, -0.1) is 18.2 Å². The van der Waals surface area contributed by atoms with Crippen molar-refractivity contribution in [3.63, 3.8) is 0 Å². The predicted molar refractivity (Wildman–Crippen MR) is 42.7 cm³/mol. The molecule has 0 aliphatic carbocycles. The van der Waals surface area contributed by atoms with Gasteiger partial charge in [-0.2, -0.15) is 0 Å². The highest BCUT2D eigenvalue weighted by atomic mass is 35.5. The summed E-state index contributed by atoms with van der Waals surface area (Å²) < 4.78 is 9.57. The van der Waals surface area contributed by atoms with Gasteiger partial charge in [-0.1, -0.05) is 6.08 Å². The van der Waals surface area contributed by atoms with E-state index in [0.29, 0.717) is 19.7 Å². The molecule has 0 bridgehead atoms. The van der Waals surface area contributed by atoms with Crippen molar-refractivity contribution >= 4 is 18.1 Å². The fourth-order valence-electron chi connectivity index (χ4n) is 0.482. The summed E-state index contributed by atoms with van der Waals surface area (Å²) in [6, 6.07) is 0. The number of hydrogen-bond acceptors (Lipinski definition) is 3. The van der Waals surface area contributed by atoms with Crippen LogP contribution in [-0.2, 0) is 14.3 Å². The molecule has 0 saturated carbocycles. The summed E-state index contributed by atoms with van der Waals surface area (Å²) >= 11 is 5.44. The number of carbonyl (C=O) groups excluding carboxylic acids is 1. The van der Waals surface area contributed by atoms with Crippen molar-refractivity contribution in [1.82, 2.24) is 0 Å². The molecule has 0 radical (unpaired) electrons. The highest BCUT2D eigenvalue weighted by Crippen LogP contribution is 1.94. The molecule has 0 aromatic rings. The van der Waals surface area contributed by atoms with Gasteiger partial charge < -0.3 is 9.47 Å². The minimum Gasteiger partial charge on any atom is -0.461 e. The number of ether oxygens (including phenoxy) is 2. The molecule has 0 fully saturated rings. The fourth-order valence-corrected chi connectivity index (χ4v) is 0.643. The molecule has 0 spiro atoms. The Hall–Kier alpha value is -0.540. The van der Waals surface area contributed by atoms with Gasteiger partial charge in [-0.3, -0.25) is 4.79 Å². The van der Waals surface area contributed by atoms with E-state index in [9.17, 15) is 4.79 Å². The number of rotatable bonds is 7. The van der Waals surface area contributed by atoms with E-state index < -0.39 is 0 Å². The van der Waals surface area contributed by atoms with Gasteiger partial charge in [0.05, 0.1) is 19.1 Å². The van der Waals surface area contributed by atoms with Crippen LogP contribution in [0.4, 0.5) is 0 Å². The molecule has 4 heteroatoms. The van der Waals surface area contributed by atoms with Crippen molar-refractivity contribution in [2.45, 2.75) is 6.10 Å². The summed E-state index contributed by atoms with van der Waals surface area (Å²) in [7, 11) is 0. The second-order valence-corrected chi connectivity index (χ2v) is 2.14. The first kappa shape index (κ1) is 10.5. The second kappa shape index (κ2) is 7.57. The van der Waals surface area contributed by atoms with Crippen LogP contribution in [-0.4, -0.2) is 31.7 Å². The van der Waals surface area contributed by atoms with Crippen molar-refractivity contribution in [2.24, 2.45) is 0 Å². The van der Waals surface area contributed by atoms with Gasteiger partial charge in [0.25, 0.3) is 6.47 Å². The first-order valence-electron chi connectivity index (χ1n) is 3.18. The minimum absolute atomic E-state index is 0.246. The summed E-state index contributed by atoms with van der Waals surface area (Å²) in [5.41, 5.74) is 0. The van der Waals surface area contributed by atoms with Crippen LogP contribution in [0.1, 0.15) is 0 Å². The third-order valence-corrected chi connectivity index (χ3v) is 1.30. The van der Waals surface area contributed by atoms with E-state index in [1.165, 1.54) is 0 Å². The van der Waals surface area contributed by atoms with E-state index >= 15 is 0 Å². The van der Waals surface area contributed by atoms with Crippen molar-refractivity contribution in [2.75, 3.05) is 19.1 Å². The van der Waals surface area contributed by atoms with E-state index in [-0.39, 0.29) is 12.0 Å². The van der Waals surface area contributed by atoms with Gasteiger partial charge in [-0.25, -0.2) is 0 Å². The van der Waals surface area contributed by atoms with Crippen molar-refractivity contribution in [3.05, 3.63) is 12.7 Å². The van der Waals surface area contributed by atoms with Crippen LogP contribution in [0.15, 0.2) is 12.7 Å². The molecule has 0 heterocycles. The highest BCUT2D eigenvalue weighted by molar-refractivity contribution is 6.18. The number of carbonyl (C=O) groups is 1. The molecule has 0 aliphatic rings. The molecule has 11 heavy (non-hydrogen) atoms. The SMILES string of the molecule is C=CCOC[C@H](CCl)OC=O. The monoisotopic (exact) mass is 178 g/mol. The van der Waals surface area contributed by atoms with Gasteiger partial charge in [0.2, 0.25) is 0 Å². The number of halogens is 1. The summed E-state index contributed by atoms with van der Waals surface area (Å²) in [6.07, 6.45) is 1.26. The third kappa shape index (κ3) is 5.88. The van der Waals surface area contributed by atoms with Crippen LogP contribution in [0.3, 0.4) is 0 Å². The molecule has 0 aromatic heterocycles. The minimum atomic E-state index is -0.353. The number of hydrogen-bond donors (Lipinski definition) is 0. The average molecular weight is 179 g/mol. The zero-order chi connectivity index (χ0) is 8.53. The molecule has 64 valence electrons. The Balaban J connectivity index is 3.34. The predicted octanol–water partition coefficient (Wildman–Crippen LogP) is 0.969. The molecule has 0 unspecified atom stereocenters. The maximum Gasteiger partial charge on any atom is 0.293 e. The first-order chi connectivity index (χ1) is 5.35. The van der Waals surface area contributed by atoms with Gasteiger partial charge >= 0.3 is 0 Å². The maximum atomic E-state index is 9.85.